The summed E-state index contributed by atoms with van der Waals surface area (Å²) in [5.41, 5.74) is 3.23. The Bertz CT molecular complexity index is 3310. The molecule has 22 nitrogen and oxygen atoms in total. The number of benzene rings is 4. The van der Waals surface area contributed by atoms with Crippen molar-refractivity contribution in [2.75, 3.05) is 39.9 Å². The van der Waals surface area contributed by atoms with E-state index in [0.717, 1.165) is 44.5 Å². The van der Waals surface area contributed by atoms with Crippen molar-refractivity contribution in [3.8, 4) is 22.3 Å². The number of carbonyl (C=O) groups excluding carboxylic acids is 8. The first-order chi connectivity index (χ1) is 44.1. The van der Waals surface area contributed by atoms with E-state index in [0.29, 0.717) is 25.7 Å². The Morgan fingerprint density at radius 3 is 0.979 bits per heavy atom. The number of urea groups is 2. The smallest absolute Gasteiger partial charge is 0.407 e. The topological polar surface area (TPSA) is 223 Å². The maximum atomic E-state index is 15.3. The molecule has 2 atom stereocenters. The lowest BCUT2D eigenvalue weighted by Gasteiger charge is -2.59. The molecule has 94 heavy (non-hydrogen) atoms. The molecule has 12 rings (SSSR count). The Hall–Kier alpha value is -8.24. The Labute approximate surface area is 551 Å². The van der Waals surface area contributed by atoms with Gasteiger partial charge in [0.25, 0.3) is 0 Å². The second-order valence-electron chi connectivity index (χ2n) is 31.4. The van der Waals surface area contributed by atoms with E-state index in [-0.39, 0.29) is 75.9 Å². The zero-order valence-corrected chi connectivity index (χ0v) is 56.8. The second kappa shape index (κ2) is 23.9. The number of fused-ring (bicyclic) bond motifs is 6. The fourth-order valence-electron chi connectivity index (χ4n) is 17.2. The summed E-state index contributed by atoms with van der Waals surface area (Å²) >= 11 is 0. The van der Waals surface area contributed by atoms with Crippen LogP contribution in [0.15, 0.2) is 97.1 Å². The third-order valence-corrected chi connectivity index (χ3v) is 20.1. The van der Waals surface area contributed by atoms with E-state index in [1.807, 2.05) is 128 Å². The summed E-state index contributed by atoms with van der Waals surface area (Å²) in [6, 6.07) is 28.5. The van der Waals surface area contributed by atoms with Gasteiger partial charge in [-0.1, -0.05) is 97.1 Å². The molecule has 6 fully saturated rings. The molecule has 0 radical (unpaired) electrons. The first-order valence-electron chi connectivity index (χ1n) is 33.1. The third-order valence-electron chi connectivity index (χ3n) is 20.1. The summed E-state index contributed by atoms with van der Waals surface area (Å²) in [6.07, 6.45) is -1.86. The minimum Gasteiger partial charge on any atom is -0.460 e. The molecule has 0 bridgehead atoms. The number of rotatable bonds is 14. The van der Waals surface area contributed by atoms with E-state index >= 15 is 9.59 Å². The number of nitrogens with zero attached hydrogens (tertiary/aromatic N) is 8. The van der Waals surface area contributed by atoms with Crippen molar-refractivity contribution in [2.24, 2.45) is 0 Å². The molecule has 4 aromatic carbocycles. The number of likely N-dealkylation sites (tertiary alicyclic amines) is 2. The van der Waals surface area contributed by atoms with E-state index in [9.17, 15) is 28.8 Å². The number of nitrogens with one attached hydrogen (secondary N) is 2. The zero-order valence-electron chi connectivity index (χ0n) is 56.8. The number of hydrogen-bond donors (Lipinski definition) is 2. The number of esters is 2. The molecule has 2 unspecified atom stereocenters. The first kappa shape index (κ1) is 65.8. The molecule has 0 saturated carbocycles. The highest BCUT2D eigenvalue weighted by Crippen LogP contribution is 2.50. The second-order valence-corrected chi connectivity index (χ2v) is 31.4. The number of alkyl carbamates (subject to hydrolysis) is 2. The quantitative estimate of drug-likeness (QED) is 0.0886. The molecule has 6 heterocycles. The van der Waals surface area contributed by atoms with Crippen molar-refractivity contribution < 1.29 is 57.3 Å². The summed E-state index contributed by atoms with van der Waals surface area (Å²) in [5.74, 6) is -2.70. The van der Waals surface area contributed by atoms with Gasteiger partial charge in [0.1, 0.15) is 36.5 Å². The van der Waals surface area contributed by atoms with Gasteiger partial charge < -0.3 is 39.4 Å². The summed E-state index contributed by atoms with van der Waals surface area (Å²) < 4.78 is 23.3. The lowest BCUT2D eigenvalue weighted by molar-refractivity contribution is -0.164. The number of piperidine rings is 2. The number of amides is 8. The standard InChI is InChI=1S/C72H92N10O12/c1-67(2,3)93-57(83)31-55(73-63(87)91-37-53-49-27-19-15-23-45(49)46-24-16-20-28-50(46)53)61(85)81-69(7,8)33-43(34-70(81,9)10)75-39-77-59-60-79(65(77)89)41-76(42-80(60)66(90)78(59)40-75)44-35-71(11,12)82(72(13,14)36-44)62(86)56(32-58(84)94-68(4,5)6)74-64(88)92-38-54-51-29-21-17-25-47(51)48-26-18-22-30-52(48)54/h15-30,43-44,53-56,59-60H,31-42H2,1-14H3,(H,73,87)(H,74,88). The van der Waals surface area contributed by atoms with E-state index < -0.39 is 107 Å². The number of ether oxygens (including phenoxy) is 4. The molecule has 8 amide bonds. The van der Waals surface area contributed by atoms with Crippen LogP contribution in [0.4, 0.5) is 19.2 Å². The zero-order chi connectivity index (χ0) is 67.5. The largest absolute Gasteiger partial charge is 0.460 e. The Morgan fingerprint density at radius 2 is 0.713 bits per heavy atom. The van der Waals surface area contributed by atoms with Gasteiger partial charge >= 0.3 is 36.2 Å². The van der Waals surface area contributed by atoms with Crippen molar-refractivity contribution in [3.63, 3.8) is 0 Å². The maximum absolute atomic E-state index is 15.3. The Morgan fingerprint density at radius 1 is 0.447 bits per heavy atom. The van der Waals surface area contributed by atoms with Crippen molar-refractivity contribution in [1.29, 1.82) is 0 Å². The minimum atomic E-state index is -1.33. The van der Waals surface area contributed by atoms with Crippen LogP contribution in [0.1, 0.15) is 170 Å². The van der Waals surface area contributed by atoms with E-state index in [1.54, 1.807) is 70.9 Å². The molecule has 4 aromatic rings. The van der Waals surface area contributed by atoms with Crippen molar-refractivity contribution in [1.82, 2.24) is 49.8 Å². The van der Waals surface area contributed by atoms with Gasteiger partial charge in [-0.3, -0.25) is 48.6 Å². The van der Waals surface area contributed by atoms with E-state index in [1.165, 1.54) is 0 Å². The predicted molar refractivity (Wildman–Crippen MR) is 350 cm³/mol. The van der Waals surface area contributed by atoms with Crippen LogP contribution in [-0.2, 0) is 38.1 Å². The summed E-state index contributed by atoms with van der Waals surface area (Å²) in [5, 5.41) is 5.58. The third kappa shape index (κ3) is 12.3. The van der Waals surface area contributed by atoms with E-state index in [4.69, 9.17) is 18.9 Å². The van der Waals surface area contributed by atoms with Crippen LogP contribution in [0.25, 0.3) is 22.3 Å². The van der Waals surface area contributed by atoms with Crippen molar-refractivity contribution >= 4 is 48.0 Å². The molecular formula is C72H92N10O12. The average molecular weight is 1290 g/mol. The molecule has 0 aromatic heterocycles. The minimum absolute atomic E-state index is 0.0103. The van der Waals surface area contributed by atoms with Gasteiger partial charge in [0.2, 0.25) is 11.8 Å². The highest BCUT2D eigenvalue weighted by Gasteiger charge is 2.65. The first-order valence-corrected chi connectivity index (χ1v) is 33.1. The van der Waals surface area contributed by atoms with Gasteiger partial charge in [0.05, 0.1) is 39.5 Å². The van der Waals surface area contributed by atoms with Gasteiger partial charge in [0.15, 0.2) is 12.3 Å². The normalized spacial score (nSPS) is 21.6. The van der Waals surface area contributed by atoms with Crippen molar-refractivity contribution in [2.45, 2.75) is 217 Å². The molecular weight excluding hydrogens is 1200 g/mol. The van der Waals surface area contributed by atoms with E-state index in [2.05, 4.69) is 44.7 Å². The van der Waals surface area contributed by atoms with Gasteiger partial charge in [-0.2, -0.15) is 0 Å². The fraction of sp³-hybridized carbons (Fsp3) is 0.556. The molecule has 6 aliphatic heterocycles. The summed E-state index contributed by atoms with van der Waals surface area (Å²) in [7, 11) is 0. The van der Waals surface area contributed by atoms with Crippen molar-refractivity contribution in [3.05, 3.63) is 119 Å². The van der Waals surface area contributed by atoms with Gasteiger partial charge in [-0.05, 0) is 167 Å². The number of carbonyl (C=O) groups is 8. The van der Waals surface area contributed by atoms with Gasteiger partial charge in [-0.25, -0.2) is 19.2 Å². The summed E-state index contributed by atoms with van der Waals surface area (Å²) in [4.78, 5) is 131. The molecule has 0 spiro atoms. The Balaban J connectivity index is 0.708. The van der Waals surface area contributed by atoms with Gasteiger partial charge in [0, 0.05) is 46.1 Å². The van der Waals surface area contributed by atoms with Crippen LogP contribution in [0, 0.1) is 0 Å². The highest BCUT2D eigenvalue weighted by molar-refractivity contribution is 5.92. The molecule has 502 valence electrons. The monoisotopic (exact) mass is 1290 g/mol. The molecule has 2 aliphatic carbocycles. The van der Waals surface area contributed by atoms with Crippen LogP contribution in [0.5, 0.6) is 0 Å². The lowest BCUT2D eigenvalue weighted by Crippen LogP contribution is -2.71. The lowest BCUT2D eigenvalue weighted by atomic mass is 9.75. The van der Waals surface area contributed by atoms with Crippen LogP contribution < -0.4 is 10.6 Å². The fourth-order valence-corrected chi connectivity index (χ4v) is 17.2. The van der Waals surface area contributed by atoms with Crippen LogP contribution >= 0.6 is 0 Å². The SMILES string of the molecule is CC(C)(C)OC(=O)CC(NC(=O)OCC1c2ccccc2-c2ccccc21)C(=O)N1C(C)(C)CC(N2CN3C(=O)N4CN(C5CC(C)(C)N(C(=O)C(CC(=O)OC(C)(C)C)NC(=O)OCC6c7ccccc7-c7ccccc76)C(C)(C)C5)CN5C(=O)N(C2)C3C45)CC1(C)C. The highest BCUT2D eigenvalue weighted by atomic mass is 16.6. The van der Waals surface area contributed by atoms with Crippen LogP contribution in [0.2, 0.25) is 0 Å². The average Bonchev–Trinajstić information content (AvgIpc) is 1.50. The molecule has 22 heteroatoms. The molecule has 8 aliphatic rings. The van der Waals surface area contributed by atoms with Crippen LogP contribution in [0.3, 0.4) is 0 Å². The van der Waals surface area contributed by atoms with Crippen LogP contribution in [-0.4, -0.2) is 197 Å². The Kier molecular flexibility index (Phi) is 16.7. The number of hydrogen-bond acceptors (Lipinski definition) is 14. The van der Waals surface area contributed by atoms with Gasteiger partial charge in [-0.15, -0.1) is 0 Å². The molecule has 6 saturated heterocycles. The summed E-state index contributed by atoms with van der Waals surface area (Å²) in [6.45, 7) is 27.1. The maximum Gasteiger partial charge on any atom is 0.407 e. The predicted octanol–water partition coefficient (Wildman–Crippen LogP) is 9.95. The molecule has 2 N–H and O–H groups in total.